The molecule has 2 rings (SSSR count). The Labute approximate surface area is 110 Å². The molecule has 2 aromatic rings. The molecular formula is C12H13ClN2O3. The van der Waals surface area contributed by atoms with E-state index in [4.69, 9.17) is 16.2 Å². The van der Waals surface area contributed by atoms with Crippen molar-refractivity contribution in [1.29, 1.82) is 0 Å². The molecule has 0 aromatic heterocycles. The molecule has 0 saturated heterocycles. The molecule has 0 fully saturated rings. The zero-order chi connectivity index (χ0) is 12.4. The second-order valence-electron chi connectivity index (χ2n) is 3.54. The van der Waals surface area contributed by atoms with E-state index in [0.717, 1.165) is 0 Å². The second kappa shape index (κ2) is 5.37. The second-order valence-corrected chi connectivity index (χ2v) is 3.54. The quantitative estimate of drug-likeness (QED) is 0.495. The van der Waals surface area contributed by atoms with Crippen molar-refractivity contribution in [2.75, 3.05) is 11.5 Å². The summed E-state index contributed by atoms with van der Waals surface area (Å²) in [6.45, 7) is 0. The van der Waals surface area contributed by atoms with Crippen LogP contribution in [0.3, 0.4) is 0 Å². The van der Waals surface area contributed by atoms with Crippen LogP contribution >= 0.6 is 12.4 Å². The first-order chi connectivity index (χ1) is 8.06. The van der Waals surface area contributed by atoms with Gasteiger partial charge in [0.05, 0.1) is 11.4 Å². The maximum absolute atomic E-state index is 9.26. The third-order valence-corrected chi connectivity index (χ3v) is 2.23. The lowest BCUT2D eigenvalue weighted by Crippen LogP contribution is -1.90. The number of benzene rings is 2. The number of phenols is 2. The van der Waals surface area contributed by atoms with Crippen molar-refractivity contribution in [3.8, 4) is 23.0 Å². The summed E-state index contributed by atoms with van der Waals surface area (Å²) < 4.78 is 5.47. The fraction of sp³-hybridized carbons (Fsp3) is 0. The van der Waals surface area contributed by atoms with E-state index in [0.29, 0.717) is 11.5 Å². The molecule has 18 heavy (non-hydrogen) atoms. The Morgan fingerprint density at radius 3 is 1.50 bits per heavy atom. The van der Waals surface area contributed by atoms with E-state index in [2.05, 4.69) is 0 Å². The first-order valence-corrected chi connectivity index (χ1v) is 4.91. The monoisotopic (exact) mass is 268 g/mol. The van der Waals surface area contributed by atoms with Gasteiger partial charge in [0, 0.05) is 12.1 Å². The molecule has 0 radical (unpaired) electrons. The molecule has 0 saturated carbocycles. The van der Waals surface area contributed by atoms with E-state index in [1.807, 2.05) is 0 Å². The van der Waals surface area contributed by atoms with Gasteiger partial charge in [-0.15, -0.1) is 12.4 Å². The number of ether oxygens (including phenoxy) is 1. The molecule has 5 nitrogen and oxygen atoms in total. The number of halogens is 1. The fourth-order valence-corrected chi connectivity index (χ4v) is 1.33. The van der Waals surface area contributed by atoms with Crippen LogP contribution in [0.25, 0.3) is 0 Å². The van der Waals surface area contributed by atoms with E-state index in [9.17, 15) is 10.2 Å². The van der Waals surface area contributed by atoms with Crippen LogP contribution in [0.1, 0.15) is 0 Å². The Morgan fingerprint density at radius 2 is 1.17 bits per heavy atom. The summed E-state index contributed by atoms with van der Waals surface area (Å²) in [6.07, 6.45) is 0. The van der Waals surface area contributed by atoms with Crippen LogP contribution in [-0.4, -0.2) is 10.2 Å². The van der Waals surface area contributed by atoms with Crippen LogP contribution in [0.4, 0.5) is 11.4 Å². The van der Waals surface area contributed by atoms with Gasteiger partial charge in [-0.2, -0.15) is 0 Å². The van der Waals surface area contributed by atoms with Crippen molar-refractivity contribution in [2.45, 2.75) is 0 Å². The molecule has 0 spiro atoms. The van der Waals surface area contributed by atoms with Gasteiger partial charge in [0.1, 0.15) is 23.0 Å². The number of nitrogens with two attached hydrogens (primary N) is 2. The van der Waals surface area contributed by atoms with Crippen LogP contribution in [-0.2, 0) is 0 Å². The summed E-state index contributed by atoms with van der Waals surface area (Å²) in [4.78, 5) is 0. The van der Waals surface area contributed by atoms with Gasteiger partial charge < -0.3 is 26.4 Å². The van der Waals surface area contributed by atoms with Crippen molar-refractivity contribution in [1.82, 2.24) is 0 Å². The van der Waals surface area contributed by atoms with E-state index < -0.39 is 0 Å². The lowest BCUT2D eigenvalue weighted by Gasteiger charge is -2.08. The number of hydrogen-bond donors (Lipinski definition) is 4. The van der Waals surface area contributed by atoms with E-state index in [1.54, 1.807) is 12.1 Å². The van der Waals surface area contributed by atoms with Gasteiger partial charge in [0.25, 0.3) is 0 Å². The Morgan fingerprint density at radius 1 is 0.778 bits per heavy atom. The predicted molar refractivity (Wildman–Crippen MR) is 72.4 cm³/mol. The minimum absolute atomic E-state index is 0. The molecule has 6 heteroatoms. The number of nitrogen functional groups attached to an aromatic ring is 2. The van der Waals surface area contributed by atoms with Crippen LogP contribution in [0.5, 0.6) is 23.0 Å². The van der Waals surface area contributed by atoms with Crippen LogP contribution < -0.4 is 16.2 Å². The predicted octanol–water partition coefficient (Wildman–Crippen LogP) is 2.48. The highest BCUT2D eigenvalue weighted by Crippen LogP contribution is 2.31. The summed E-state index contributed by atoms with van der Waals surface area (Å²) in [5.74, 6) is 0.959. The molecular weight excluding hydrogens is 256 g/mol. The van der Waals surface area contributed by atoms with Crippen molar-refractivity contribution < 1.29 is 14.9 Å². The largest absolute Gasteiger partial charge is 0.506 e. The van der Waals surface area contributed by atoms with Crippen molar-refractivity contribution >= 4 is 23.8 Å². The summed E-state index contributed by atoms with van der Waals surface area (Å²) in [6, 6.07) is 9.03. The normalized spacial score (nSPS) is 9.56. The van der Waals surface area contributed by atoms with E-state index in [1.165, 1.54) is 24.3 Å². The summed E-state index contributed by atoms with van der Waals surface area (Å²) in [5.41, 5.74) is 11.5. The topological polar surface area (TPSA) is 102 Å². The van der Waals surface area contributed by atoms with Gasteiger partial charge >= 0.3 is 0 Å². The fourth-order valence-electron chi connectivity index (χ4n) is 1.33. The number of anilines is 2. The average molecular weight is 269 g/mol. The Kier molecular flexibility index (Phi) is 4.12. The minimum atomic E-state index is 0. The zero-order valence-electron chi connectivity index (χ0n) is 9.33. The summed E-state index contributed by atoms with van der Waals surface area (Å²) in [7, 11) is 0. The van der Waals surface area contributed by atoms with Crippen molar-refractivity contribution in [3.05, 3.63) is 36.4 Å². The van der Waals surface area contributed by atoms with Gasteiger partial charge in [-0.3, -0.25) is 0 Å². The maximum Gasteiger partial charge on any atom is 0.138 e. The molecule has 0 heterocycles. The first kappa shape index (κ1) is 13.8. The molecule has 0 aliphatic rings. The Balaban J connectivity index is 0.00000162. The molecule has 0 amide bonds. The smallest absolute Gasteiger partial charge is 0.138 e. The average Bonchev–Trinajstić information content (AvgIpc) is 2.29. The van der Waals surface area contributed by atoms with Gasteiger partial charge in [-0.25, -0.2) is 0 Å². The van der Waals surface area contributed by atoms with Gasteiger partial charge in [-0.1, -0.05) is 0 Å². The minimum Gasteiger partial charge on any atom is -0.506 e. The standard InChI is InChI=1S/C12H12N2O3.ClH/c13-9-5-7(1-3-11(9)15)17-8-2-4-12(16)10(14)6-8;/h1-6,15-16H,13-14H2;1H. The third-order valence-electron chi connectivity index (χ3n) is 2.23. The molecule has 2 aromatic carbocycles. The van der Waals surface area contributed by atoms with Crippen molar-refractivity contribution in [3.63, 3.8) is 0 Å². The maximum atomic E-state index is 9.26. The van der Waals surface area contributed by atoms with Crippen LogP contribution in [0.2, 0.25) is 0 Å². The number of rotatable bonds is 2. The summed E-state index contributed by atoms with van der Waals surface area (Å²) >= 11 is 0. The molecule has 96 valence electrons. The molecule has 0 atom stereocenters. The Hall–Kier alpha value is -2.27. The molecule has 6 N–H and O–H groups in total. The van der Waals surface area contributed by atoms with Crippen LogP contribution in [0, 0.1) is 0 Å². The first-order valence-electron chi connectivity index (χ1n) is 4.91. The third kappa shape index (κ3) is 2.89. The summed E-state index contributed by atoms with van der Waals surface area (Å²) in [5, 5.41) is 18.5. The lowest BCUT2D eigenvalue weighted by molar-refractivity contribution is 0.462. The molecule has 0 aliphatic carbocycles. The highest BCUT2D eigenvalue weighted by Gasteiger charge is 2.03. The highest BCUT2D eigenvalue weighted by molar-refractivity contribution is 5.85. The van der Waals surface area contributed by atoms with Crippen LogP contribution in [0.15, 0.2) is 36.4 Å². The number of hydrogen-bond acceptors (Lipinski definition) is 5. The SMILES string of the molecule is Cl.Nc1cc(Oc2ccc(O)c(N)c2)ccc1O. The number of aromatic hydroxyl groups is 2. The van der Waals surface area contributed by atoms with Gasteiger partial charge in [0.2, 0.25) is 0 Å². The van der Waals surface area contributed by atoms with Gasteiger partial charge in [-0.05, 0) is 24.3 Å². The lowest BCUT2D eigenvalue weighted by atomic mass is 10.2. The zero-order valence-corrected chi connectivity index (χ0v) is 10.1. The molecule has 0 aliphatic heterocycles. The number of phenolic OH excluding ortho intramolecular Hbond substituents is 2. The van der Waals surface area contributed by atoms with Crippen molar-refractivity contribution in [2.24, 2.45) is 0 Å². The Bertz CT molecular complexity index is 512. The molecule has 0 bridgehead atoms. The van der Waals surface area contributed by atoms with E-state index >= 15 is 0 Å². The highest BCUT2D eigenvalue weighted by atomic mass is 35.5. The molecule has 0 unspecified atom stereocenters. The van der Waals surface area contributed by atoms with E-state index in [-0.39, 0.29) is 35.3 Å². The van der Waals surface area contributed by atoms with Gasteiger partial charge in [0.15, 0.2) is 0 Å².